The van der Waals surface area contributed by atoms with Crippen LogP contribution in [-0.4, -0.2) is 12.2 Å². The van der Waals surface area contributed by atoms with Gasteiger partial charge in [0, 0.05) is 0 Å². The molecule has 0 fully saturated rings. The number of hydrogen-bond donors (Lipinski definition) is 1. The van der Waals surface area contributed by atoms with Gasteiger partial charge in [-0.1, -0.05) is 31.2 Å². The third kappa shape index (κ3) is 3.21. The number of methoxy groups -OCH3 is 1. The number of aryl methyl sites for hydroxylation is 1. The predicted octanol–water partition coefficient (Wildman–Crippen LogP) is 4.66. The van der Waals surface area contributed by atoms with Crippen LogP contribution in [0, 0.1) is 6.92 Å². The van der Waals surface area contributed by atoms with Gasteiger partial charge in [-0.25, -0.2) is 0 Å². The summed E-state index contributed by atoms with van der Waals surface area (Å²) in [4.78, 5) is 0. The Hall–Kier alpha value is -2.22. The number of phenolic OH excluding ortho intramolecular Hbond substituents is 1. The molecule has 0 unspecified atom stereocenters. The van der Waals surface area contributed by atoms with Crippen LogP contribution < -0.4 is 4.74 Å². The molecule has 0 saturated carbocycles. The van der Waals surface area contributed by atoms with E-state index in [-0.39, 0.29) is 0 Å². The van der Waals surface area contributed by atoms with Crippen molar-refractivity contribution in [1.82, 2.24) is 0 Å². The topological polar surface area (TPSA) is 29.5 Å². The number of aromatic hydroxyl groups is 1. The molecule has 0 atom stereocenters. The molecule has 0 amide bonds. The van der Waals surface area contributed by atoms with Crippen molar-refractivity contribution in [3.63, 3.8) is 0 Å². The monoisotopic (exact) mass is 268 g/mol. The van der Waals surface area contributed by atoms with Gasteiger partial charge in [0.15, 0.2) is 0 Å². The highest BCUT2D eigenvalue weighted by Gasteiger charge is 2.03. The Balaban J connectivity index is 2.37. The fraction of sp³-hybridized carbons (Fsp3) is 0.222. The largest absolute Gasteiger partial charge is 0.508 e. The van der Waals surface area contributed by atoms with Crippen molar-refractivity contribution in [3.05, 3.63) is 59.2 Å². The third-order valence-corrected chi connectivity index (χ3v) is 3.42. The lowest BCUT2D eigenvalue weighted by molar-refractivity contribution is 0.415. The van der Waals surface area contributed by atoms with Crippen LogP contribution >= 0.6 is 0 Å². The Morgan fingerprint density at radius 2 is 1.85 bits per heavy atom. The molecule has 2 heteroatoms. The molecule has 2 aromatic carbocycles. The summed E-state index contributed by atoms with van der Waals surface area (Å²) in [6.45, 7) is 4.15. The van der Waals surface area contributed by atoms with E-state index in [0.717, 1.165) is 23.3 Å². The average Bonchev–Trinajstić information content (AvgIpc) is 2.47. The molecule has 1 N–H and O–H groups in total. The van der Waals surface area contributed by atoms with Crippen molar-refractivity contribution >= 4 is 11.6 Å². The smallest absolute Gasteiger partial charge is 0.118 e. The summed E-state index contributed by atoms with van der Waals surface area (Å²) in [6.07, 6.45) is 3.13. The molecule has 0 aliphatic heterocycles. The summed E-state index contributed by atoms with van der Waals surface area (Å²) in [5.41, 5.74) is 4.67. The molecule has 2 rings (SSSR count). The Kier molecular flexibility index (Phi) is 4.46. The number of benzene rings is 2. The van der Waals surface area contributed by atoms with Crippen molar-refractivity contribution in [2.45, 2.75) is 20.3 Å². The molecule has 20 heavy (non-hydrogen) atoms. The Morgan fingerprint density at radius 3 is 2.40 bits per heavy atom. The number of hydrogen-bond acceptors (Lipinski definition) is 2. The Bertz CT molecular complexity index is 610. The van der Waals surface area contributed by atoms with Crippen molar-refractivity contribution < 1.29 is 9.84 Å². The minimum absolute atomic E-state index is 0.308. The summed E-state index contributed by atoms with van der Waals surface area (Å²) in [5, 5.41) is 9.47. The van der Waals surface area contributed by atoms with Crippen LogP contribution in [0.15, 0.2) is 42.5 Å². The lowest BCUT2D eigenvalue weighted by atomic mass is 9.98. The molecule has 0 spiro atoms. The second kappa shape index (κ2) is 6.29. The molecule has 0 heterocycles. The first-order chi connectivity index (χ1) is 9.63. The van der Waals surface area contributed by atoms with Gasteiger partial charge < -0.3 is 9.84 Å². The quantitative estimate of drug-likeness (QED) is 0.817. The van der Waals surface area contributed by atoms with Crippen LogP contribution in [0.5, 0.6) is 11.5 Å². The summed E-state index contributed by atoms with van der Waals surface area (Å²) in [5.74, 6) is 1.17. The van der Waals surface area contributed by atoms with E-state index in [1.807, 2.05) is 25.1 Å². The molecule has 2 nitrogen and oxygen atoms in total. The average molecular weight is 268 g/mol. The lowest BCUT2D eigenvalue weighted by Gasteiger charge is -2.08. The van der Waals surface area contributed by atoms with Gasteiger partial charge in [0.25, 0.3) is 0 Å². The van der Waals surface area contributed by atoms with Crippen LogP contribution in [0.2, 0.25) is 0 Å². The highest BCUT2D eigenvalue weighted by atomic mass is 16.5. The second-order valence-electron chi connectivity index (χ2n) is 4.79. The van der Waals surface area contributed by atoms with Crippen LogP contribution in [0.25, 0.3) is 11.6 Å². The van der Waals surface area contributed by atoms with E-state index in [2.05, 4.69) is 25.1 Å². The van der Waals surface area contributed by atoms with Gasteiger partial charge in [0.05, 0.1) is 7.11 Å². The Morgan fingerprint density at radius 1 is 1.15 bits per heavy atom. The molecular weight excluding hydrogens is 248 g/mol. The van der Waals surface area contributed by atoms with Crippen LogP contribution in [0.3, 0.4) is 0 Å². The van der Waals surface area contributed by atoms with Crippen molar-refractivity contribution in [1.29, 1.82) is 0 Å². The van der Waals surface area contributed by atoms with Crippen molar-refractivity contribution in [2.75, 3.05) is 7.11 Å². The maximum atomic E-state index is 9.47. The van der Waals surface area contributed by atoms with Gasteiger partial charge in [-0.15, -0.1) is 0 Å². The van der Waals surface area contributed by atoms with Crippen LogP contribution in [0.4, 0.5) is 0 Å². The molecule has 2 aromatic rings. The summed E-state index contributed by atoms with van der Waals surface area (Å²) < 4.78 is 5.19. The minimum atomic E-state index is 0.308. The minimum Gasteiger partial charge on any atom is -0.508 e. The van der Waals surface area contributed by atoms with Crippen molar-refractivity contribution in [2.24, 2.45) is 0 Å². The molecule has 0 aliphatic carbocycles. The highest BCUT2D eigenvalue weighted by Crippen LogP contribution is 2.26. The standard InChI is InChI=1S/C18H20O2/c1-4-14(15-6-9-18(20-3)10-7-15)12-16-5-8-17(19)11-13(16)2/h5-12,19H,4H2,1-3H3/b14-12+. The summed E-state index contributed by atoms with van der Waals surface area (Å²) in [7, 11) is 1.67. The van der Waals surface area contributed by atoms with E-state index < -0.39 is 0 Å². The van der Waals surface area contributed by atoms with E-state index in [0.29, 0.717) is 5.75 Å². The van der Waals surface area contributed by atoms with E-state index in [1.54, 1.807) is 19.2 Å². The lowest BCUT2D eigenvalue weighted by Crippen LogP contribution is -1.87. The maximum Gasteiger partial charge on any atom is 0.118 e. The van der Waals surface area contributed by atoms with Gasteiger partial charge in [-0.2, -0.15) is 0 Å². The molecule has 0 saturated heterocycles. The highest BCUT2D eigenvalue weighted by molar-refractivity contribution is 5.82. The first-order valence-corrected chi connectivity index (χ1v) is 6.78. The molecule has 0 radical (unpaired) electrons. The summed E-state index contributed by atoms with van der Waals surface area (Å²) in [6, 6.07) is 13.6. The van der Waals surface area contributed by atoms with E-state index >= 15 is 0 Å². The van der Waals surface area contributed by atoms with E-state index in [4.69, 9.17) is 4.74 Å². The van der Waals surface area contributed by atoms with Gasteiger partial charge in [0.1, 0.15) is 11.5 Å². The molecule has 104 valence electrons. The fourth-order valence-corrected chi connectivity index (χ4v) is 2.20. The van der Waals surface area contributed by atoms with Crippen molar-refractivity contribution in [3.8, 4) is 11.5 Å². The number of phenols is 1. The van der Waals surface area contributed by atoms with Gasteiger partial charge in [0.2, 0.25) is 0 Å². The zero-order valence-electron chi connectivity index (χ0n) is 12.2. The maximum absolute atomic E-state index is 9.47. The zero-order valence-corrected chi connectivity index (χ0v) is 12.2. The normalized spacial score (nSPS) is 11.4. The number of allylic oxidation sites excluding steroid dienone is 1. The first kappa shape index (κ1) is 14.2. The number of ether oxygens (including phenoxy) is 1. The van der Waals surface area contributed by atoms with E-state index in [1.165, 1.54) is 11.1 Å². The SMILES string of the molecule is CC/C(=C\c1ccc(O)cc1C)c1ccc(OC)cc1. The van der Waals surface area contributed by atoms with Gasteiger partial charge in [-0.3, -0.25) is 0 Å². The molecule has 0 aliphatic rings. The van der Waals surface area contributed by atoms with Crippen LogP contribution in [-0.2, 0) is 0 Å². The van der Waals surface area contributed by atoms with Gasteiger partial charge >= 0.3 is 0 Å². The number of rotatable bonds is 4. The summed E-state index contributed by atoms with van der Waals surface area (Å²) >= 11 is 0. The fourth-order valence-electron chi connectivity index (χ4n) is 2.20. The molecule has 0 aromatic heterocycles. The molecular formula is C18H20O2. The first-order valence-electron chi connectivity index (χ1n) is 6.78. The Labute approximate surface area is 120 Å². The van der Waals surface area contributed by atoms with Crippen LogP contribution in [0.1, 0.15) is 30.0 Å². The zero-order chi connectivity index (χ0) is 14.5. The third-order valence-electron chi connectivity index (χ3n) is 3.42. The predicted molar refractivity (Wildman–Crippen MR) is 84.0 cm³/mol. The van der Waals surface area contributed by atoms with E-state index in [9.17, 15) is 5.11 Å². The molecule has 0 bridgehead atoms. The van der Waals surface area contributed by atoms with Gasteiger partial charge in [-0.05, 0) is 59.9 Å². The second-order valence-corrected chi connectivity index (χ2v) is 4.79.